The minimum Gasteiger partial charge on any atom is -0.373 e. The molecule has 0 unspecified atom stereocenters. The molecule has 0 radical (unpaired) electrons. The average Bonchev–Trinajstić information content (AvgIpc) is 2.72. The van der Waals surface area contributed by atoms with Crippen LogP contribution in [0.3, 0.4) is 0 Å². The van der Waals surface area contributed by atoms with Gasteiger partial charge in [0.15, 0.2) is 11.6 Å². The highest BCUT2D eigenvalue weighted by atomic mass is 19.2. The molecule has 1 aromatic heterocycles. The van der Waals surface area contributed by atoms with E-state index in [2.05, 4.69) is 4.98 Å². The number of nitrogens with one attached hydrogen (secondary N) is 1. The number of hydrogen-bond acceptors (Lipinski definition) is 1. The maximum absolute atomic E-state index is 13.5. The lowest BCUT2D eigenvalue weighted by Crippen LogP contribution is -2.19. The van der Waals surface area contributed by atoms with Crippen LogP contribution >= 0.6 is 0 Å². The second kappa shape index (κ2) is 3.77. The number of aromatic amines is 1. The molecular weight excluding hydrogens is 231 g/mol. The zero-order chi connectivity index (χ0) is 12.8. The number of ether oxygens (including phenoxy) is 1. The first kappa shape index (κ1) is 12.0. The van der Waals surface area contributed by atoms with E-state index in [1.54, 1.807) is 13.8 Å². The fraction of sp³-hybridized carbons (Fsp3) is 0.333. The summed E-state index contributed by atoms with van der Waals surface area (Å²) < 4.78 is 45.2. The minimum atomic E-state index is -1.20. The number of methoxy groups -OCH3 is 1. The molecule has 1 aromatic carbocycles. The molecule has 92 valence electrons. The Balaban J connectivity index is 2.74. The molecule has 0 spiro atoms. The third-order valence-electron chi connectivity index (χ3n) is 2.92. The Labute approximate surface area is 96.4 Å². The van der Waals surface area contributed by atoms with Crippen LogP contribution in [0.4, 0.5) is 13.2 Å². The smallest absolute Gasteiger partial charge is 0.168 e. The number of benzene rings is 1. The van der Waals surface area contributed by atoms with Gasteiger partial charge in [0.05, 0.1) is 5.52 Å². The summed E-state index contributed by atoms with van der Waals surface area (Å²) in [4.78, 5) is 2.72. The summed E-state index contributed by atoms with van der Waals surface area (Å²) in [5, 5.41) is -0.109. The highest BCUT2D eigenvalue weighted by molar-refractivity contribution is 5.82. The van der Waals surface area contributed by atoms with E-state index >= 15 is 0 Å². The highest BCUT2D eigenvalue weighted by Gasteiger charge is 2.24. The van der Waals surface area contributed by atoms with E-state index in [9.17, 15) is 13.2 Å². The van der Waals surface area contributed by atoms with Crippen molar-refractivity contribution in [3.8, 4) is 0 Å². The summed E-state index contributed by atoms with van der Waals surface area (Å²) in [6, 6.07) is 1.89. The van der Waals surface area contributed by atoms with E-state index in [0.717, 1.165) is 0 Å². The van der Waals surface area contributed by atoms with Gasteiger partial charge in [0.25, 0.3) is 0 Å². The number of rotatable bonds is 2. The van der Waals surface area contributed by atoms with Gasteiger partial charge in [0.1, 0.15) is 11.4 Å². The lowest BCUT2D eigenvalue weighted by molar-refractivity contribution is 0.0161. The Morgan fingerprint density at radius 3 is 2.35 bits per heavy atom. The third kappa shape index (κ3) is 1.80. The monoisotopic (exact) mass is 243 g/mol. The van der Waals surface area contributed by atoms with Crippen LogP contribution in [0.1, 0.15) is 19.5 Å². The van der Waals surface area contributed by atoms with Gasteiger partial charge in [-0.05, 0) is 19.9 Å². The van der Waals surface area contributed by atoms with Gasteiger partial charge in [-0.2, -0.15) is 0 Å². The number of halogens is 3. The summed E-state index contributed by atoms with van der Waals surface area (Å²) in [5.41, 5.74) is -0.295. The quantitative estimate of drug-likeness (QED) is 0.803. The molecule has 0 fully saturated rings. The van der Waals surface area contributed by atoms with Crippen molar-refractivity contribution < 1.29 is 17.9 Å². The SMILES string of the molecule is COC(C)(C)c1cc2c(F)c(F)cc(F)c2[nH]1. The van der Waals surface area contributed by atoms with Gasteiger partial charge < -0.3 is 9.72 Å². The van der Waals surface area contributed by atoms with E-state index in [1.807, 2.05) is 0 Å². The molecule has 0 atom stereocenters. The van der Waals surface area contributed by atoms with Crippen LogP contribution in [0.15, 0.2) is 12.1 Å². The van der Waals surface area contributed by atoms with Crippen LogP contribution in [0.25, 0.3) is 10.9 Å². The number of H-pyrrole nitrogens is 1. The summed E-state index contributed by atoms with van der Waals surface area (Å²) in [6.07, 6.45) is 0. The van der Waals surface area contributed by atoms with Gasteiger partial charge in [0, 0.05) is 24.3 Å². The number of fused-ring (bicyclic) bond motifs is 1. The van der Waals surface area contributed by atoms with Crippen molar-refractivity contribution in [1.29, 1.82) is 0 Å². The van der Waals surface area contributed by atoms with Crippen molar-refractivity contribution >= 4 is 10.9 Å². The second-order valence-electron chi connectivity index (χ2n) is 4.34. The van der Waals surface area contributed by atoms with Gasteiger partial charge in [-0.1, -0.05) is 0 Å². The summed E-state index contributed by atoms with van der Waals surface area (Å²) >= 11 is 0. The van der Waals surface area contributed by atoms with Crippen LogP contribution < -0.4 is 0 Å². The standard InChI is InChI=1S/C12H12F3NO/c1-12(2,17-3)9-4-6-10(15)7(13)5-8(14)11(6)16-9/h4-5,16H,1-3H3. The molecule has 0 saturated heterocycles. The first-order valence-corrected chi connectivity index (χ1v) is 5.08. The lowest BCUT2D eigenvalue weighted by Gasteiger charge is -2.21. The molecule has 17 heavy (non-hydrogen) atoms. The van der Waals surface area contributed by atoms with Gasteiger partial charge >= 0.3 is 0 Å². The van der Waals surface area contributed by atoms with E-state index in [4.69, 9.17) is 4.74 Å². The molecule has 0 aliphatic heterocycles. The minimum absolute atomic E-state index is 0.0518. The number of hydrogen-bond donors (Lipinski definition) is 1. The molecule has 5 heteroatoms. The molecule has 0 aliphatic carbocycles. The third-order valence-corrected chi connectivity index (χ3v) is 2.92. The Morgan fingerprint density at radius 1 is 1.12 bits per heavy atom. The van der Waals surface area contributed by atoms with Gasteiger partial charge in [-0.25, -0.2) is 13.2 Å². The summed E-state index contributed by atoms with van der Waals surface area (Å²) in [7, 11) is 1.48. The molecular formula is C12H12F3NO. The molecule has 1 N–H and O–H groups in total. The Hall–Kier alpha value is -1.49. The van der Waals surface area contributed by atoms with Crippen LogP contribution in [-0.2, 0) is 10.3 Å². The molecule has 0 aliphatic rings. The maximum Gasteiger partial charge on any atom is 0.168 e. The lowest BCUT2D eigenvalue weighted by atomic mass is 10.1. The van der Waals surface area contributed by atoms with Crippen LogP contribution in [0.5, 0.6) is 0 Å². The first-order chi connectivity index (χ1) is 7.86. The van der Waals surface area contributed by atoms with Gasteiger partial charge in [-0.3, -0.25) is 0 Å². The Bertz CT molecular complexity index is 575. The van der Waals surface area contributed by atoms with E-state index in [-0.39, 0.29) is 10.9 Å². The van der Waals surface area contributed by atoms with Gasteiger partial charge in [0.2, 0.25) is 0 Å². The zero-order valence-corrected chi connectivity index (χ0v) is 9.70. The van der Waals surface area contributed by atoms with E-state index < -0.39 is 23.1 Å². The zero-order valence-electron chi connectivity index (χ0n) is 9.70. The molecule has 0 saturated carbocycles. The molecule has 1 heterocycles. The fourth-order valence-corrected chi connectivity index (χ4v) is 1.63. The van der Waals surface area contributed by atoms with Crippen molar-refractivity contribution in [3.05, 3.63) is 35.3 Å². The molecule has 0 bridgehead atoms. The average molecular weight is 243 g/mol. The van der Waals surface area contributed by atoms with Crippen molar-refractivity contribution in [2.75, 3.05) is 7.11 Å². The Morgan fingerprint density at radius 2 is 1.76 bits per heavy atom. The van der Waals surface area contributed by atoms with E-state index in [1.165, 1.54) is 13.2 Å². The largest absolute Gasteiger partial charge is 0.373 e. The van der Waals surface area contributed by atoms with Crippen molar-refractivity contribution in [1.82, 2.24) is 4.98 Å². The summed E-state index contributed by atoms with van der Waals surface area (Å²) in [6.45, 7) is 3.48. The molecule has 2 nitrogen and oxygen atoms in total. The molecule has 0 amide bonds. The first-order valence-electron chi connectivity index (χ1n) is 5.08. The maximum atomic E-state index is 13.5. The van der Waals surface area contributed by atoms with Crippen molar-refractivity contribution in [2.45, 2.75) is 19.4 Å². The fourth-order valence-electron chi connectivity index (χ4n) is 1.63. The van der Waals surface area contributed by atoms with Crippen LogP contribution in [-0.4, -0.2) is 12.1 Å². The van der Waals surface area contributed by atoms with Gasteiger partial charge in [-0.15, -0.1) is 0 Å². The second-order valence-corrected chi connectivity index (χ2v) is 4.34. The number of aromatic nitrogens is 1. The topological polar surface area (TPSA) is 25.0 Å². The van der Waals surface area contributed by atoms with Crippen LogP contribution in [0, 0.1) is 17.5 Å². The highest BCUT2D eigenvalue weighted by Crippen LogP contribution is 2.30. The van der Waals surface area contributed by atoms with Crippen LogP contribution in [0.2, 0.25) is 0 Å². The van der Waals surface area contributed by atoms with Crippen molar-refractivity contribution in [3.63, 3.8) is 0 Å². The summed E-state index contributed by atoms with van der Waals surface area (Å²) in [5.74, 6) is -3.08. The van der Waals surface area contributed by atoms with Crippen molar-refractivity contribution in [2.24, 2.45) is 0 Å². The normalized spacial score (nSPS) is 12.4. The molecule has 2 rings (SSSR count). The predicted molar refractivity (Wildman–Crippen MR) is 58.2 cm³/mol. The Kier molecular flexibility index (Phi) is 2.66. The molecule has 2 aromatic rings. The predicted octanol–water partition coefficient (Wildman–Crippen LogP) is 3.47. The van der Waals surface area contributed by atoms with E-state index in [0.29, 0.717) is 11.8 Å².